The summed E-state index contributed by atoms with van der Waals surface area (Å²) in [5, 5.41) is 18.6. The Hall–Kier alpha value is -4.04. The van der Waals surface area contributed by atoms with Crippen molar-refractivity contribution < 1.29 is 42.4 Å². The number of aliphatic imine (C=N–C) groups is 1. The largest absolute Gasteiger partial charge is 0.497 e. The van der Waals surface area contributed by atoms with Crippen molar-refractivity contribution in [1.82, 2.24) is 4.90 Å². The third kappa shape index (κ3) is 9.74. The van der Waals surface area contributed by atoms with Crippen molar-refractivity contribution in [3.05, 3.63) is 93.5 Å². The number of nitrogens with two attached hydrogens (primary N) is 2. The average molecular weight is 659 g/mol. The van der Waals surface area contributed by atoms with Gasteiger partial charge in [-0.05, 0) is 54.4 Å². The van der Waals surface area contributed by atoms with Gasteiger partial charge in [-0.25, -0.2) is 9.59 Å². The molecule has 0 bridgehead atoms. The summed E-state index contributed by atoms with van der Waals surface area (Å²) in [7, 11) is 1.56. The topological polar surface area (TPSA) is 161 Å². The number of rotatable bonds is 7. The Labute approximate surface area is 261 Å². The minimum absolute atomic E-state index is 0.300. The van der Waals surface area contributed by atoms with Crippen LogP contribution in [0.1, 0.15) is 35.7 Å². The van der Waals surface area contributed by atoms with Crippen molar-refractivity contribution >= 4 is 41.1 Å². The maximum Gasteiger partial charge on any atom is 0.490 e. The van der Waals surface area contributed by atoms with E-state index in [0.29, 0.717) is 52.6 Å². The molecule has 0 fully saturated rings. The SMILES string of the molecule is CCOc1cc(OC)ccc1C1=NC(c2ccc(Cl)cc2)C(c2ccc(Cl)cc2)N1C(=O)O.NCCN.O=C(O)C(F)(F)F. The summed E-state index contributed by atoms with van der Waals surface area (Å²) in [6, 6.07) is 18.5. The van der Waals surface area contributed by atoms with Crippen LogP contribution in [-0.4, -0.2) is 66.0 Å². The normalized spacial score (nSPS) is 15.7. The molecule has 2 atom stereocenters. The number of ether oxygens (including phenoxy) is 2. The molecule has 2 unspecified atom stereocenters. The van der Waals surface area contributed by atoms with E-state index < -0.39 is 30.3 Å². The number of hydrogen-bond acceptors (Lipinski definition) is 7. The summed E-state index contributed by atoms with van der Waals surface area (Å²) in [6.07, 6.45) is -6.21. The van der Waals surface area contributed by atoms with Gasteiger partial charge in [-0.15, -0.1) is 0 Å². The molecule has 4 rings (SSSR count). The van der Waals surface area contributed by atoms with Crippen LogP contribution >= 0.6 is 23.2 Å². The maximum atomic E-state index is 12.6. The van der Waals surface area contributed by atoms with Crippen LogP contribution in [0.25, 0.3) is 0 Å². The van der Waals surface area contributed by atoms with E-state index in [1.54, 1.807) is 49.6 Å². The third-order valence-electron chi connectivity index (χ3n) is 5.83. The van der Waals surface area contributed by atoms with Gasteiger partial charge in [-0.3, -0.25) is 9.89 Å². The lowest BCUT2D eigenvalue weighted by Gasteiger charge is -2.27. The standard InChI is InChI=1S/C25H22Cl2N2O4.C2HF3O2.C2H8N2/c1-3-33-21-14-19(32-2)12-13-20(21)24-28-22(15-4-8-17(26)9-5-15)23(29(24)25(30)31)16-6-10-18(27)11-7-16;3-2(4,5)1(6)7;3-1-2-4/h4-14,22-23H,3H2,1-2H3,(H,30,31);(H,6,7);1-4H2. The van der Waals surface area contributed by atoms with Crippen molar-refractivity contribution in [1.29, 1.82) is 0 Å². The summed E-state index contributed by atoms with van der Waals surface area (Å²) in [6.45, 7) is 3.46. The fourth-order valence-electron chi connectivity index (χ4n) is 3.94. The van der Waals surface area contributed by atoms with Crippen LogP contribution in [0.2, 0.25) is 10.0 Å². The second-order valence-electron chi connectivity index (χ2n) is 8.77. The second kappa shape index (κ2) is 16.7. The number of amidine groups is 1. The molecule has 1 heterocycles. The Morgan fingerprint density at radius 1 is 0.932 bits per heavy atom. The molecule has 0 aliphatic carbocycles. The molecule has 0 saturated heterocycles. The molecule has 3 aromatic rings. The van der Waals surface area contributed by atoms with Crippen LogP contribution < -0.4 is 20.9 Å². The van der Waals surface area contributed by atoms with Crippen LogP contribution in [0.4, 0.5) is 18.0 Å². The number of nitrogens with zero attached hydrogens (tertiary/aromatic N) is 2. The molecule has 10 nitrogen and oxygen atoms in total. The van der Waals surface area contributed by atoms with Gasteiger partial charge in [0, 0.05) is 29.2 Å². The average Bonchev–Trinajstić information content (AvgIpc) is 3.39. The number of alkyl halides is 3. The Bertz CT molecular complexity index is 1420. The summed E-state index contributed by atoms with van der Waals surface area (Å²) < 4.78 is 42.9. The minimum atomic E-state index is -5.08. The summed E-state index contributed by atoms with van der Waals surface area (Å²) in [4.78, 5) is 27.7. The zero-order valence-electron chi connectivity index (χ0n) is 23.6. The molecular formula is C29H31Cl2F3N4O6. The zero-order valence-corrected chi connectivity index (χ0v) is 25.1. The highest BCUT2D eigenvalue weighted by Gasteiger charge is 2.43. The molecule has 15 heteroatoms. The molecule has 44 heavy (non-hydrogen) atoms. The molecule has 1 amide bonds. The monoisotopic (exact) mass is 658 g/mol. The molecule has 3 aromatic carbocycles. The molecule has 0 spiro atoms. The van der Waals surface area contributed by atoms with Crippen molar-refractivity contribution in [2.75, 3.05) is 26.8 Å². The van der Waals surface area contributed by atoms with Gasteiger partial charge in [0.1, 0.15) is 23.4 Å². The first kappa shape index (κ1) is 36.2. The molecule has 1 aliphatic heterocycles. The molecule has 1 aliphatic rings. The van der Waals surface area contributed by atoms with E-state index in [2.05, 4.69) is 0 Å². The highest BCUT2D eigenvalue weighted by atomic mass is 35.5. The molecule has 6 N–H and O–H groups in total. The highest BCUT2D eigenvalue weighted by molar-refractivity contribution is 6.30. The Balaban J connectivity index is 0.000000526. The number of carboxylic acids is 1. The second-order valence-corrected chi connectivity index (χ2v) is 9.65. The van der Waals surface area contributed by atoms with E-state index in [1.807, 2.05) is 31.2 Å². The van der Waals surface area contributed by atoms with Crippen LogP contribution in [0.5, 0.6) is 11.5 Å². The fraction of sp³-hybridized carbons (Fsp3) is 0.276. The minimum Gasteiger partial charge on any atom is -0.497 e. The van der Waals surface area contributed by atoms with E-state index in [1.165, 1.54) is 4.90 Å². The number of aliphatic carboxylic acids is 1. The number of amides is 1. The van der Waals surface area contributed by atoms with Crippen molar-refractivity contribution in [2.24, 2.45) is 16.5 Å². The predicted octanol–water partition coefficient (Wildman–Crippen LogP) is 6.16. The maximum absolute atomic E-state index is 12.6. The molecule has 0 radical (unpaired) electrons. The summed E-state index contributed by atoms with van der Waals surface area (Å²) in [5.74, 6) is -1.36. The van der Waals surface area contributed by atoms with Gasteiger partial charge < -0.3 is 31.2 Å². The van der Waals surface area contributed by atoms with Gasteiger partial charge in [-0.2, -0.15) is 13.2 Å². The number of benzene rings is 3. The lowest BCUT2D eigenvalue weighted by Crippen LogP contribution is -2.36. The van der Waals surface area contributed by atoms with Gasteiger partial charge >= 0.3 is 18.2 Å². The Morgan fingerprint density at radius 2 is 1.43 bits per heavy atom. The Morgan fingerprint density at radius 3 is 1.84 bits per heavy atom. The van der Waals surface area contributed by atoms with Gasteiger partial charge in [-0.1, -0.05) is 47.5 Å². The van der Waals surface area contributed by atoms with Crippen LogP contribution in [-0.2, 0) is 4.79 Å². The molecule has 0 aromatic heterocycles. The number of halogens is 5. The number of carboxylic acid groups (broad SMARTS) is 2. The number of hydrogen-bond donors (Lipinski definition) is 4. The number of methoxy groups -OCH3 is 1. The molecule has 0 saturated carbocycles. The van der Waals surface area contributed by atoms with Crippen LogP contribution in [0.3, 0.4) is 0 Å². The van der Waals surface area contributed by atoms with E-state index >= 15 is 0 Å². The van der Waals surface area contributed by atoms with Gasteiger partial charge in [0.2, 0.25) is 0 Å². The molecular weight excluding hydrogens is 628 g/mol. The quantitative estimate of drug-likeness (QED) is 0.235. The summed E-state index contributed by atoms with van der Waals surface area (Å²) >= 11 is 12.2. The van der Waals surface area contributed by atoms with Gasteiger partial charge in [0.15, 0.2) is 0 Å². The van der Waals surface area contributed by atoms with E-state index in [4.69, 9.17) is 59.0 Å². The summed E-state index contributed by atoms with van der Waals surface area (Å²) in [5.41, 5.74) is 12.0. The first-order valence-electron chi connectivity index (χ1n) is 12.9. The van der Waals surface area contributed by atoms with E-state index in [-0.39, 0.29) is 0 Å². The van der Waals surface area contributed by atoms with Crippen molar-refractivity contribution in [2.45, 2.75) is 25.2 Å². The fourth-order valence-corrected chi connectivity index (χ4v) is 4.20. The van der Waals surface area contributed by atoms with Crippen molar-refractivity contribution in [3.63, 3.8) is 0 Å². The Kier molecular flexibility index (Phi) is 13.7. The highest BCUT2D eigenvalue weighted by Crippen LogP contribution is 2.45. The van der Waals surface area contributed by atoms with Gasteiger partial charge in [0.05, 0.1) is 25.3 Å². The van der Waals surface area contributed by atoms with Crippen molar-refractivity contribution in [3.8, 4) is 11.5 Å². The lowest BCUT2D eigenvalue weighted by molar-refractivity contribution is -0.192. The predicted molar refractivity (Wildman–Crippen MR) is 161 cm³/mol. The van der Waals surface area contributed by atoms with Crippen LogP contribution in [0, 0.1) is 0 Å². The third-order valence-corrected chi connectivity index (χ3v) is 6.34. The number of carbonyl (C=O) groups is 2. The first-order chi connectivity index (χ1) is 20.8. The van der Waals surface area contributed by atoms with Crippen LogP contribution in [0.15, 0.2) is 71.7 Å². The van der Waals surface area contributed by atoms with Gasteiger partial charge in [0.25, 0.3) is 0 Å². The van der Waals surface area contributed by atoms with E-state index in [0.717, 1.165) is 11.1 Å². The lowest BCUT2D eigenvalue weighted by atomic mass is 9.94. The smallest absolute Gasteiger partial charge is 0.490 e. The van der Waals surface area contributed by atoms with E-state index in [9.17, 15) is 23.1 Å². The first-order valence-corrected chi connectivity index (χ1v) is 13.7. The molecule has 238 valence electrons. The zero-order chi connectivity index (χ0) is 33.0.